The highest BCUT2D eigenvalue weighted by molar-refractivity contribution is 5.71. The van der Waals surface area contributed by atoms with Crippen LogP contribution in [0.25, 0.3) is 0 Å². The quantitative estimate of drug-likeness (QED) is 0.0345. The van der Waals surface area contributed by atoms with Crippen molar-refractivity contribution in [3.05, 3.63) is 0 Å². The van der Waals surface area contributed by atoms with E-state index in [0.717, 1.165) is 69.6 Å². The Morgan fingerprint density at radius 1 is 0.322 bits per heavy atom. The van der Waals surface area contributed by atoms with Crippen LogP contribution in [0.5, 0.6) is 0 Å². The van der Waals surface area contributed by atoms with E-state index in [1.807, 2.05) is 0 Å². The van der Waals surface area contributed by atoms with E-state index >= 15 is 0 Å². The predicted molar refractivity (Wildman–Crippen MR) is 252 cm³/mol. The van der Waals surface area contributed by atoms with Crippen LogP contribution in [0.15, 0.2) is 0 Å². The van der Waals surface area contributed by atoms with E-state index in [9.17, 15) is 14.4 Å². The number of carbonyl (C=O) groups excluding carboxylic acids is 3. The second kappa shape index (κ2) is 45.9. The number of carbonyl (C=O) groups is 3. The van der Waals surface area contributed by atoms with Gasteiger partial charge in [-0.05, 0) is 31.1 Å². The number of esters is 3. The van der Waals surface area contributed by atoms with Crippen molar-refractivity contribution in [2.45, 2.75) is 298 Å². The van der Waals surface area contributed by atoms with Gasteiger partial charge in [0.2, 0.25) is 0 Å². The molecule has 0 aromatic carbocycles. The Morgan fingerprint density at radius 3 is 0.831 bits per heavy atom. The Kier molecular flexibility index (Phi) is 44.7. The SMILES string of the molecule is CCCCCCCCCCCCC(=O)OC[C@H](COC(=O)CCCCCCCCCCCCCC(C)C)OC(=O)CCCCCCCCCCCCCCCCC(C)C. The molecule has 0 heterocycles. The van der Waals surface area contributed by atoms with Gasteiger partial charge in [0.1, 0.15) is 13.2 Å². The number of rotatable bonds is 47. The number of hydrogen-bond acceptors (Lipinski definition) is 6. The summed E-state index contributed by atoms with van der Waals surface area (Å²) in [4.78, 5) is 37.9. The van der Waals surface area contributed by atoms with E-state index in [-0.39, 0.29) is 31.1 Å². The molecule has 6 nitrogen and oxygen atoms in total. The maximum absolute atomic E-state index is 12.8. The van der Waals surface area contributed by atoms with Crippen LogP contribution in [0.2, 0.25) is 0 Å². The summed E-state index contributed by atoms with van der Waals surface area (Å²) in [5.74, 6) is 0.822. The van der Waals surface area contributed by atoms with Crippen molar-refractivity contribution in [2.24, 2.45) is 11.8 Å². The molecule has 0 radical (unpaired) electrons. The predicted octanol–water partition coefficient (Wildman–Crippen LogP) is 16.9. The summed E-state index contributed by atoms with van der Waals surface area (Å²) in [5, 5.41) is 0. The molecule has 0 unspecified atom stereocenters. The van der Waals surface area contributed by atoms with Crippen LogP contribution in [-0.4, -0.2) is 37.2 Å². The van der Waals surface area contributed by atoms with Crippen molar-refractivity contribution < 1.29 is 28.6 Å². The molecule has 0 N–H and O–H groups in total. The maximum Gasteiger partial charge on any atom is 0.306 e. The van der Waals surface area contributed by atoms with Crippen molar-refractivity contribution in [3.63, 3.8) is 0 Å². The summed E-state index contributed by atoms with van der Waals surface area (Å²) in [6.45, 7) is 11.4. The molecule has 0 aromatic rings. The molecule has 0 aliphatic heterocycles. The summed E-state index contributed by atoms with van der Waals surface area (Å²) in [6.07, 6.45) is 46.6. The van der Waals surface area contributed by atoms with Crippen LogP contribution >= 0.6 is 0 Å². The van der Waals surface area contributed by atoms with Crippen molar-refractivity contribution in [2.75, 3.05) is 13.2 Å². The van der Waals surface area contributed by atoms with E-state index in [4.69, 9.17) is 14.2 Å². The van der Waals surface area contributed by atoms with Gasteiger partial charge in [0, 0.05) is 19.3 Å². The molecule has 350 valence electrons. The van der Waals surface area contributed by atoms with E-state index in [1.54, 1.807) is 0 Å². The Morgan fingerprint density at radius 2 is 0.559 bits per heavy atom. The van der Waals surface area contributed by atoms with Gasteiger partial charge in [-0.25, -0.2) is 0 Å². The van der Waals surface area contributed by atoms with Crippen molar-refractivity contribution >= 4 is 17.9 Å². The maximum atomic E-state index is 12.8. The lowest BCUT2D eigenvalue weighted by atomic mass is 10.0. The highest BCUT2D eigenvalue weighted by atomic mass is 16.6. The third-order valence-electron chi connectivity index (χ3n) is 12.0. The molecule has 0 aromatic heterocycles. The molecule has 0 fully saturated rings. The van der Waals surface area contributed by atoms with Crippen molar-refractivity contribution in [3.8, 4) is 0 Å². The van der Waals surface area contributed by atoms with Gasteiger partial charge >= 0.3 is 17.9 Å². The first-order valence-corrected chi connectivity index (χ1v) is 26.2. The Bertz CT molecular complexity index is 900. The molecule has 0 rings (SSSR count). The molecule has 0 aliphatic rings. The molecule has 0 spiro atoms. The lowest BCUT2D eigenvalue weighted by molar-refractivity contribution is -0.167. The molecule has 0 saturated heterocycles. The summed E-state index contributed by atoms with van der Waals surface area (Å²) < 4.78 is 16.8. The molecular weight excluding hydrogens is 733 g/mol. The second-order valence-corrected chi connectivity index (χ2v) is 19.1. The number of hydrogen-bond donors (Lipinski definition) is 0. The van der Waals surface area contributed by atoms with E-state index in [0.29, 0.717) is 19.3 Å². The van der Waals surface area contributed by atoms with Gasteiger partial charge in [0.25, 0.3) is 0 Å². The minimum atomic E-state index is -0.761. The fourth-order valence-electron chi connectivity index (χ4n) is 7.99. The van der Waals surface area contributed by atoms with Gasteiger partial charge < -0.3 is 14.2 Å². The van der Waals surface area contributed by atoms with Crippen LogP contribution in [0.3, 0.4) is 0 Å². The first-order valence-electron chi connectivity index (χ1n) is 26.2. The molecule has 0 bridgehead atoms. The van der Waals surface area contributed by atoms with Crippen LogP contribution < -0.4 is 0 Å². The van der Waals surface area contributed by atoms with Crippen molar-refractivity contribution in [1.29, 1.82) is 0 Å². The van der Waals surface area contributed by atoms with Gasteiger partial charge in [-0.3, -0.25) is 14.4 Å². The van der Waals surface area contributed by atoms with Gasteiger partial charge in [-0.2, -0.15) is 0 Å². The molecule has 59 heavy (non-hydrogen) atoms. The standard InChI is InChI=1S/C53H102O6/c1-6-7-8-9-10-11-23-28-33-38-43-51(54)57-46-50(47-58-52(55)44-39-34-29-24-20-16-18-22-27-32-37-42-49(4)5)59-53(56)45-40-35-30-25-19-15-13-12-14-17-21-26-31-36-41-48(2)3/h48-50H,6-47H2,1-5H3/t50-/m1/s1. The van der Waals surface area contributed by atoms with Crippen LogP contribution in [0.1, 0.15) is 291 Å². The van der Waals surface area contributed by atoms with E-state index in [1.165, 1.54) is 180 Å². The summed E-state index contributed by atoms with van der Waals surface area (Å²) >= 11 is 0. The molecule has 1 atom stereocenters. The van der Waals surface area contributed by atoms with Gasteiger partial charge in [-0.1, -0.05) is 253 Å². The second-order valence-electron chi connectivity index (χ2n) is 19.1. The Balaban J connectivity index is 4.28. The summed E-state index contributed by atoms with van der Waals surface area (Å²) in [6, 6.07) is 0. The topological polar surface area (TPSA) is 78.9 Å². The van der Waals surface area contributed by atoms with E-state index in [2.05, 4.69) is 34.6 Å². The van der Waals surface area contributed by atoms with Crippen LogP contribution in [0, 0.1) is 11.8 Å². The van der Waals surface area contributed by atoms with Crippen LogP contribution in [0.4, 0.5) is 0 Å². The molecule has 6 heteroatoms. The highest BCUT2D eigenvalue weighted by Crippen LogP contribution is 2.17. The lowest BCUT2D eigenvalue weighted by Crippen LogP contribution is -2.30. The highest BCUT2D eigenvalue weighted by Gasteiger charge is 2.19. The van der Waals surface area contributed by atoms with Gasteiger partial charge in [0.05, 0.1) is 0 Å². The van der Waals surface area contributed by atoms with E-state index < -0.39 is 6.10 Å². The summed E-state index contributed by atoms with van der Waals surface area (Å²) in [5.41, 5.74) is 0. The molecule has 0 aliphatic carbocycles. The fourth-order valence-corrected chi connectivity index (χ4v) is 7.99. The zero-order valence-corrected chi connectivity index (χ0v) is 40.4. The van der Waals surface area contributed by atoms with Crippen molar-refractivity contribution in [1.82, 2.24) is 0 Å². The van der Waals surface area contributed by atoms with Crippen LogP contribution in [-0.2, 0) is 28.6 Å². The normalized spacial score (nSPS) is 12.1. The smallest absolute Gasteiger partial charge is 0.306 e. The lowest BCUT2D eigenvalue weighted by Gasteiger charge is -2.18. The fraction of sp³-hybridized carbons (Fsp3) is 0.943. The third kappa shape index (κ3) is 47.3. The number of ether oxygens (including phenoxy) is 3. The average molecular weight is 835 g/mol. The summed E-state index contributed by atoms with van der Waals surface area (Å²) in [7, 11) is 0. The monoisotopic (exact) mass is 835 g/mol. The number of unbranched alkanes of at least 4 members (excludes halogenated alkanes) is 32. The van der Waals surface area contributed by atoms with Gasteiger partial charge in [-0.15, -0.1) is 0 Å². The zero-order valence-electron chi connectivity index (χ0n) is 40.4. The first-order chi connectivity index (χ1) is 28.7. The first kappa shape index (κ1) is 57.4. The minimum absolute atomic E-state index is 0.0636. The average Bonchev–Trinajstić information content (AvgIpc) is 3.20. The largest absolute Gasteiger partial charge is 0.462 e. The molecule has 0 saturated carbocycles. The Hall–Kier alpha value is -1.59. The third-order valence-corrected chi connectivity index (χ3v) is 12.0. The minimum Gasteiger partial charge on any atom is -0.462 e. The van der Waals surface area contributed by atoms with Gasteiger partial charge in [0.15, 0.2) is 6.10 Å². The molecule has 0 amide bonds. The Labute approximate surface area is 368 Å². The zero-order chi connectivity index (χ0) is 43.3. The molecular formula is C53H102O6.